The van der Waals surface area contributed by atoms with Crippen molar-refractivity contribution in [3.8, 4) is 0 Å². The summed E-state index contributed by atoms with van der Waals surface area (Å²) >= 11 is 0. The summed E-state index contributed by atoms with van der Waals surface area (Å²) in [4.78, 5) is 49.3. The van der Waals surface area contributed by atoms with Crippen LogP contribution in [0.25, 0.3) is 0 Å². The maximum Gasteiger partial charge on any atom is 0.472 e. The quantitative estimate of drug-likeness (QED) is 0.119. The van der Waals surface area contributed by atoms with Gasteiger partial charge in [-0.3, -0.25) is 39.4 Å². The van der Waals surface area contributed by atoms with Gasteiger partial charge in [0, 0.05) is 12.1 Å². The zero-order valence-corrected chi connectivity index (χ0v) is 18.7. The summed E-state index contributed by atoms with van der Waals surface area (Å²) in [6, 6.07) is 0.298. The number of halogens is 6. The second-order valence-electron chi connectivity index (χ2n) is 6.86. The Morgan fingerprint density at radius 3 is 1.58 bits per heavy atom. The van der Waals surface area contributed by atoms with Gasteiger partial charge in [-0.1, -0.05) is 0 Å². The maximum absolute atomic E-state index is 13.4. The van der Waals surface area contributed by atoms with Gasteiger partial charge in [-0.05, 0) is 11.2 Å². The van der Waals surface area contributed by atoms with Crippen LogP contribution in [0.2, 0.25) is 0 Å². The summed E-state index contributed by atoms with van der Waals surface area (Å²) in [6.45, 7) is -3.48. The van der Waals surface area contributed by atoms with Gasteiger partial charge in [0.2, 0.25) is 0 Å². The molecule has 1 atom stereocenters. The van der Waals surface area contributed by atoms with Crippen LogP contribution in [0.5, 0.6) is 0 Å². The number of non-ortho nitro benzene ring substituents is 1. The van der Waals surface area contributed by atoms with Crippen LogP contribution in [-0.4, -0.2) is 19.7 Å². The standard InChI is InChI=1S/C16H9F6N4O11P/c17-15(18,19)11-1-7(23-27)2-13(25(30)31)9(11)5-36-38(34,35)37-6-10-12(16(20,21)22)3-8(24(28)29)4-14(10)26(32)33/h1-4H,5-6H2,(H,34,35). The summed E-state index contributed by atoms with van der Waals surface area (Å²) in [5.74, 6) is 0. The molecule has 2 aromatic carbocycles. The molecule has 0 aliphatic carbocycles. The van der Waals surface area contributed by atoms with E-state index in [4.69, 9.17) is 0 Å². The Labute approximate surface area is 203 Å². The van der Waals surface area contributed by atoms with Crippen molar-refractivity contribution in [2.45, 2.75) is 25.6 Å². The number of phosphoric ester groups is 1. The van der Waals surface area contributed by atoms with Crippen molar-refractivity contribution in [1.82, 2.24) is 0 Å². The van der Waals surface area contributed by atoms with E-state index in [1.165, 1.54) is 0 Å². The van der Waals surface area contributed by atoms with Crippen LogP contribution < -0.4 is 0 Å². The first-order valence-corrected chi connectivity index (χ1v) is 10.6. The van der Waals surface area contributed by atoms with Crippen molar-refractivity contribution in [2.24, 2.45) is 5.18 Å². The molecule has 206 valence electrons. The number of alkyl halides is 6. The van der Waals surface area contributed by atoms with Crippen molar-refractivity contribution >= 4 is 30.6 Å². The lowest BCUT2D eigenvalue weighted by molar-refractivity contribution is -0.395. The predicted octanol–water partition coefficient (Wildman–Crippen LogP) is 5.68. The number of hydrogen-bond acceptors (Lipinski definition) is 11. The second kappa shape index (κ2) is 10.7. The number of hydrogen-bond donors (Lipinski definition) is 1. The summed E-state index contributed by atoms with van der Waals surface area (Å²) in [6.07, 6.45) is -10.9. The molecule has 2 aromatic rings. The monoisotopic (exact) mass is 578 g/mol. The summed E-state index contributed by atoms with van der Waals surface area (Å²) in [5.41, 5.74) is -12.2. The Balaban J connectivity index is 2.46. The fraction of sp³-hybridized carbons (Fsp3) is 0.250. The first-order chi connectivity index (χ1) is 17.3. The molecular weight excluding hydrogens is 569 g/mol. The fourth-order valence-corrected chi connectivity index (χ4v) is 3.57. The largest absolute Gasteiger partial charge is 0.472 e. The molecule has 0 aromatic heterocycles. The first-order valence-electron chi connectivity index (χ1n) is 9.15. The molecule has 0 fully saturated rings. The van der Waals surface area contributed by atoms with E-state index in [0.29, 0.717) is 0 Å². The van der Waals surface area contributed by atoms with Crippen LogP contribution in [-0.2, 0) is 39.2 Å². The van der Waals surface area contributed by atoms with E-state index < -0.39 is 93.2 Å². The van der Waals surface area contributed by atoms with Gasteiger partial charge in [0.25, 0.3) is 17.1 Å². The molecule has 1 N–H and O–H groups in total. The van der Waals surface area contributed by atoms with Gasteiger partial charge in [-0.2, -0.15) is 26.3 Å². The van der Waals surface area contributed by atoms with Crippen LogP contribution >= 0.6 is 7.82 Å². The molecule has 0 bridgehead atoms. The smallest absolute Gasteiger partial charge is 0.302 e. The number of rotatable bonds is 10. The highest BCUT2D eigenvalue weighted by Crippen LogP contribution is 2.49. The van der Waals surface area contributed by atoms with E-state index in [0.717, 1.165) is 0 Å². The molecule has 38 heavy (non-hydrogen) atoms. The van der Waals surface area contributed by atoms with Crippen molar-refractivity contribution < 1.29 is 59.6 Å². The summed E-state index contributed by atoms with van der Waals surface area (Å²) in [5, 5.41) is 35.4. The van der Waals surface area contributed by atoms with Crippen molar-refractivity contribution in [3.63, 3.8) is 0 Å². The highest BCUT2D eigenvalue weighted by Gasteiger charge is 2.41. The third-order valence-electron chi connectivity index (χ3n) is 4.49. The molecule has 0 aliphatic heterocycles. The van der Waals surface area contributed by atoms with E-state index in [-0.39, 0.29) is 24.3 Å². The third kappa shape index (κ3) is 7.03. The Morgan fingerprint density at radius 1 is 0.789 bits per heavy atom. The number of benzene rings is 2. The lowest BCUT2D eigenvalue weighted by atomic mass is 10.0. The molecule has 0 aliphatic rings. The number of nitro benzene ring substituents is 3. The molecule has 0 saturated heterocycles. The number of nitrogens with zero attached hydrogens (tertiary/aromatic N) is 4. The number of nitro groups is 3. The van der Waals surface area contributed by atoms with E-state index >= 15 is 0 Å². The normalized spacial score (nSPS) is 13.6. The Bertz CT molecular complexity index is 1360. The molecular formula is C16H9F6N4O11P. The van der Waals surface area contributed by atoms with Gasteiger partial charge in [0.15, 0.2) is 0 Å². The SMILES string of the molecule is O=Nc1cc([N+](=O)[O-])c(COP(=O)(O)OCc2c([N+](=O)[O-])cc([N+](=O)[O-])cc2C(F)(F)F)c(C(F)(F)F)c1. The molecule has 2 rings (SSSR count). The molecule has 22 heteroatoms. The van der Waals surface area contributed by atoms with Crippen LogP contribution in [0.3, 0.4) is 0 Å². The maximum atomic E-state index is 13.4. The van der Waals surface area contributed by atoms with Gasteiger partial charge in [-0.25, -0.2) is 4.57 Å². The van der Waals surface area contributed by atoms with Gasteiger partial charge < -0.3 is 4.89 Å². The van der Waals surface area contributed by atoms with Crippen LogP contribution in [0, 0.1) is 35.3 Å². The van der Waals surface area contributed by atoms with Gasteiger partial charge in [0.05, 0.1) is 56.3 Å². The minimum absolute atomic E-state index is 0.0533. The van der Waals surface area contributed by atoms with Crippen molar-refractivity contribution in [1.29, 1.82) is 0 Å². The highest BCUT2D eigenvalue weighted by molar-refractivity contribution is 7.47. The first kappa shape index (κ1) is 30.2. The average molecular weight is 578 g/mol. The van der Waals surface area contributed by atoms with Crippen molar-refractivity contribution in [3.05, 3.63) is 81.8 Å². The van der Waals surface area contributed by atoms with E-state index in [1.54, 1.807) is 0 Å². The van der Waals surface area contributed by atoms with Gasteiger partial charge in [-0.15, -0.1) is 4.91 Å². The van der Waals surface area contributed by atoms with E-state index in [9.17, 15) is 71.1 Å². The third-order valence-corrected chi connectivity index (χ3v) is 5.40. The molecule has 15 nitrogen and oxygen atoms in total. The van der Waals surface area contributed by atoms with Crippen LogP contribution in [0.15, 0.2) is 29.4 Å². The molecule has 0 radical (unpaired) electrons. The molecule has 1 unspecified atom stereocenters. The zero-order valence-electron chi connectivity index (χ0n) is 17.8. The van der Waals surface area contributed by atoms with Crippen LogP contribution in [0.4, 0.5) is 49.1 Å². The molecule has 0 saturated carbocycles. The van der Waals surface area contributed by atoms with Crippen molar-refractivity contribution in [2.75, 3.05) is 0 Å². The summed E-state index contributed by atoms with van der Waals surface area (Å²) < 4.78 is 101. The molecule has 0 amide bonds. The van der Waals surface area contributed by atoms with E-state index in [1.807, 2.05) is 0 Å². The van der Waals surface area contributed by atoms with Crippen LogP contribution in [0.1, 0.15) is 22.3 Å². The second-order valence-corrected chi connectivity index (χ2v) is 8.31. The topological polar surface area (TPSA) is 215 Å². The number of nitroso groups, excluding NO2 is 1. The lowest BCUT2D eigenvalue weighted by Crippen LogP contribution is -2.14. The highest BCUT2D eigenvalue weighted by atomic mass is 31.2. The fourth-order valence-electron chi connectivity index (χ4n) is 2.91. The Hall–Kier alpha value is -4.07. The predicted molar refractivity (Wildman–Crippen MR) is 108 cm³/mol. The summed E-state index contributed by atoms with van der Waals surface area (Å²) in [7, 11) is -5.72. The molecule has 0 spiro atoms. The Morgan fingerprint density at radius 2 is 1.21 bits per heavy atom. The number of phosphoric acid groups is 1. The van der Waals surface area contributed by atoms with E-state index in [2.05, 4.69) is 14.2 Å². The zero-order chi connectivity index (χ0) is 29.2. The Kier molecular flexibility index (Phi) is 8.52. The minimum Gasteiger partial charge on any atom is -0.302 e. The van der Waals surface area contributed by atoms with Gasteiger partial charge >= 0.3 is 20.2 Å². The minimum atomic E-state index is -5.72. The lowest BCUT2D eigenvalue weighted by Gasteiger charge is -2.17. The van der Waals surface area contributed by atoms with Gasteiger partial charge in [0.1, 0.15) is 5.69 Å². The average Bonchev–Trinajstić information content (AvgIpc) is 2.78. The molecule has 0 heterocycles.